The summed E-state index contributed by atoms with van der Waals surface area (Å²) in [6.45, 7) is 6.13. The van der Waals surface area contributed by atoms with Crippen LogP contribution in [-0.4, -0.2) is 33.8 Å². The molecule has 1 fully saturated rings. The van der Waals surface area contributed by atoms with Gasteiger partial charge in [-0.25, -0.2) is 4.39 Å². The summed E-state index contributed by atoms with van der Waals surface area (Å²) < 4.78 is 21.8. The van der Waals surface area contributed by atoms with Crippen molar-refractivity contribution < 1.29 is 18.7 Å². The maximum atomic E-state index is 14.3. The molecule has 164 valence electrons. The summed E-state index contributed by atoms with van der Waals surface area (Å²) in [5, 5.41) is -0.323. The molecule has 0 unspecified atom stereocenters. The summed E-state index contributed by atoms with van der Waals surface area (Å²) in [7, 11) is 0. The van der Waals surface area contributed by atoms with Crippen LogP contribution in [0.3, 0.4) is 0 Å². The molecular formula is C25H23FN2O3S. The van der Waals surface area contributed by atoms with Crippen LogP contribution in [0.15, 0.2) is 59.5 Å². The lowest BCUT2D eigenvalue weighted by Gasteiger charge is -2.13. The van der Waals surface area contributed by atoms with Crippen LogP contribution in [-0.2, 0) is 4.79 Å². The molecule has 0 saturated carbocycles. The van der Waals surface area contributed by atoms with Crippen LogP contribution in [0.2, 0.25) is 0 Å². The van der Waals surface area contributed by atoms with Gasteiger partial charge in [-0.2, -0.15) is 0 Å². The largest absolute Gasteiger partial charge is 0.492 e. The predicted molar refractivity (Wildman–Crippen MR) is 125 cm³/mol. The van der Waals surface area contributed by atoms with Gasteiger partial charge in [0.25, 0.3) is 11.1 Å². The molecule has 0 spiro atoms. The van der Waals surface area contributed by atoms with E-state index in [1.807, 2.05) is 51.1 Å². The standard InChI is InChI=1S/C25H23FN2O3S/c1-16-8-10-20(11-9-16)31-13-12-27-24(29)23(32-25(27)30)15-19-14-17(2)28(18(19)3)22-7-5-4-6-21(22)26/h4-11,14-15H,12-13H2,1-3H3/b23-15-. The fraction of sp³-hybridized carbons (Fsp3) is 0.200. The number of thioether (sulfide) groups is 1. The zero-order chi connectivity index (χ0) is 22.8. The highest BCUT2D eigenvalue weighted by Crippen LogP contribution is 2.34. The summed E-state index contributed by atoms with van der Waals surface area (Å²) in [5.74, 6) is 0.0247. The Balaban J connectivity index is 1.50. The van der Waals surface area contributed by atoms with Gasteiger partial charge in [0.05, 0.1) is 17.1 Å². The van der Waals surface area contributed by atoms with Crippen molar-refractivity contribution in [2.75, 3.05) is 13.2 Å². The van der Waals surface area contributed by atoms with Crippen molar-refractivity contribution in [2.45, 2.75) is 20.8 Å². The number of ether oxygens (including phenoxy) is 1. The number of aryl methyl sites for hydroxylation is 2. The van der Waals surface area contributed by atoms with Crippen molar-refractivity contribution in [2.24, 2.45) is 0 Å². The van der Waals surface area contributed by atoms with Gasteiger partial charge in [-0.05, 0) is 74.5 Å². The second kappa shape index (κ2) is 9.04. The fourth-order valence-electron chi connectivity index (χ4n) is 3.66. The van der Waals surface area contributed by atoms with Crippen LogP contribution in [0.5, 0.6) is 5.75 Å². The quantitative estimate of drug-likeness (QED) is 0.455. The molecule has 1 saturated heterocycles. The van der Waals surface area contributed by atoms with E-state index in [4.69, 9.17) is 4.74 Å². The summed E-state index contributed by atoms with van der Waals surface area (Å²) in [6, 6.07) is 16.0. The Morgan fingerprint density at radius 3 is 2.47 bits per heavy atom. The Morgan fingerprint density at radius 1 is 1.03 bits per heavy atom. The molecule has 1 aliphatic heterocycles. The Kier molecular flexibility index (Phi) is 6.19. The minimum Gasteiger partial charge on any atom is -0.492 e. The second-order valence-corrected chi connectivity index (χ2v) is 8.60. The van der Waals surface area contributed by atoms with Gasteiger partial charge in [-0.3, -0.25) is 14.5 Å². The van der Waals surface area contributed by atoms with E-state index in [0.29, 0.717) is 16.3 Å². The first-order chi connectivity index (χ1) is 15.3. The minimum atomic E-state index is -0.344. The van der Waals surface area contributed by atoms with Crippen molar-refractivity contribution in [3.8, 4) is 11.4 Å². The Labute approximate surface area is 190 Å². The van der Waals surface area contributed by atoms with E-state index in [2.05, 4.69) is 0 Å². The van der Waals surface area contributed by atoms with Crippen molar-refractivity contribution >= 4 is 29.0 Å². The number of nitrogens with zero attached hydrogens (tertiary/aromatic N) is 2. The number of halogens is 1. The third-order valence-electron chi connectivity index (χ3n) is 5.33. The van der Waals surface area contributed by atoms with Crippen molar-refractivity contribution in [3.05, 3.63) is 87.8 Å². The first-order valence-electron chi connectivity index (χ1n) is 10.2. The smallest absolute Gasteiger partial charge is 0.293 e. The van der Waals surface area contributed by atoms with Gasteiger partial charge < -0.3 is 9.30 Å². The first-order valence-corrected chi connectivity index (χ1v) is 11.1. The SMILES string of the molecule is Cc1ccc(OCCN2C(=O)S/C(=C\c3cc(C)n(-c4ccccc4F)c3C)C2=O)cc1. The Morgan fingerprint density at radius 2 is 1.75 bits per heavy atom. The number of amides is 2. The van der Waals surface area contributed by atoms with Crippen LogP contribution < -0.4 is 4.74 Å². The van der Waals surface area contributed by atoms with E-state index in [9.17, 15) is 14.0 Å². The summed E-state index contributed by atoms with van der Waals surface area (Å²) in [6.07, 6.45) is 1.70. The maximum Gasteiger partial charge on any atom is 0.293 e. The van der Waals surface area contributed by atoms with E-state index in [0.717, 1.165) is 34.3 Å². The summed E-state index contributed by atoms with van der Waals surface area (Å²) in [5.41, 5.74) is 3.98. The number of carbonyl (C=O) groups excluding carboxylic acids is 2. The van der Waals surface area contributed by atoms with E-state index in [-0.39, 0.29) is 30.1 Å². The van der Waals surface area contributed by atoms with Crippen LogP contribution >= 0.6 is 11.8 Å². The summed E-state index contributed by atoms with van der Waals surface area (Å²) >= 11 is 0.907. The molecule has 4 rings (SSSR count). The number of para-hydroxylation sites is 1. The highest BCUT2D eigenvalue weighted by Gasteiger charge is 2.35. The van der Waals surface area contributed by atoms with Gasteiger partial charge in [0, 0.05) is 11.4 Å². The van der Waals surface area contributed by atoms with Crippen molar-refractivity contribution in [1.29, 1.82) is 0 Å². The zero-order valence-corrected chi connectivity index (χ0v) is 18.9. The average Bonchev–Trinajstić information content (AvgIpc) is 3.19. The lowest BCUT2D eigenvalue weighted by molar-refractivity contribution is -0.123. The van der Waals surface area contributed by atoms with E-state index in [1.54, 1.807) is 28.8 Å². The van der Waals surface area contributed by atoms with Crippen molar-refractivity contribution in [3.63, 3.8) is 0 Å². The van der Waals surface area contributed by atoms with Crippen LogP contribution in [0.1, 0.15) is 22.5 Å². The molecular weight excluding hydrogens is 427 g/mol. The monoisotopic (exact) mass is 450 g/mol. The number of imide groups is 1. The lowest BCUT2D eigenvalue weighted by Crippen LogP contribution is -2.32. The number of aromatic nitrogens is 1. The highest BCUT2D eigenvalue weighted by molar-refractivity contribution is 8.18. The third kappa shape index (κ3) is 4.34. The van der Waals surface area contributed by atoms with Crippen LogP contribution in [0.4, 0.5) is 9.18 Å². The van der Waals surface area contributed by atoms with Crippen molar-refractivity contribution in [1.82, 2.24) is 9.47 Å². The van der Waals surface area contributed by atoms with Gasteiger partial charge in [0.2, 0.25) is 0 Å². The lowest BCUT2D eigenvalue weighted by atomic mass is 10.2. The normalized spacial score (nSPS) is 15.1. The van der Waals surface area contributed by atoms with Crippen LogP contribution in [0.25, 0.3) is 11.8 Å². The Hall–Kier alpha value is -3.32. The molecule has 7 heteroatoms. The van der Waals surface area contributed by atoms with Crippen LogP contribution in [0, 0.1) is 26.6 Å². The molecule has 0 aliphatic carbocycles. The topological polar surface area (TPSA) is 51.5 Å². The average molecular weight is 451 g/mol. The maximum absolute atomic E-state index is 14.3. The van der Waals surface area contributed by atoms with Gasteiger partial charge in [0.15, 0.2) is 0 Å². The second-order valence-electron chi connectivity index (χ2n) is 7.61. The van der Waals surface area contributed by atoms with E-state index < -0.39 is 0 Å². The molecule has 1 aromatic heterocycles. The molecule has 0 N–H and O–H groups in total. The van der Waals surface area contributed by atoms with Gasteiger partial charge in [-0.15, -0.1) is 0 Å². The molecule has 3 aromatic rings. The number of carbonyl (C=O) groups is 2. The minimum absolute atomic E-state index is 0.171. The molecule has 0 atom stereocenters. The number of benzene rings is 2. The molecule has 5 nitrogen and oxygen atoms in total. The molecule has 2 amide bonds. The third-order valence-corrected chi connectivity index (χ3v) is 6.24. The molecule has 32 heavy (non-hydrogen) atoms. The summed E-state index contributed by atoms with van der Waals surface area (Å²) in [4.78, 5) is 26.8. The number of rotatable bonds is 6. The number of hydrogen-bond acceptors (Lipinski definition) is 4. The molecule has 0 bridgehead atoms. The Bertz CT molecular complexity index is 1210. The number of hydrogen-bond donors (Lipinski definition) is 0. The molecule has 1 aliphatic rings. The molecule has 2 heterocycles. The van der Waals surface area contributed by atoms with Gasteiger partial charge in [-0.1, -0.05) is 29.8 Å². The fourth-order valence-corrected chi connectivity index (χ4v) is 4.52. The zero-order valence-electron chi connectivity index (χ0n) is 18.1. The van der Waals surface area contributed by atoms with Gasteiger partial charge in [0.1, 0.15) is 18.2 Å². The molecule has 2 aromatic carbocycles. The first kappa shape index (κ1) is 21.9. The van der Waals surface area contributed by atoms with Gasteiger partial charge >= 0.3 is 0 Å². The molecule has 0 radical (unpaired) electrons. The predicted octanol–water partition coefficient (Wildman–Crippen LogP) is 5.66. The van der Waals surface area contributed by atoms with E-state index >= 15 is 0 Å². The van der Waals surface area contributed by atoms with E-state index in [1.165, 1.54) is 11.0 Å². The highest BCUT2D eigenvalue weighted by atomic mass is 32.2.